The summed E-state index contributed by atoms with van der Waals surface area (Å²) in [7, 11) is 1.69. The fourth-order valence-corrected chi connectivity index (χ4v) is 5.29. The van der Waals surface area contributed by atoms with Crippen molar-refractivity contribution in [1.82, 2.24) is 4.90 Å². The molecule has 0 spiro atoms. The second-order valence-electron chi connectivity index (χ2n) is 9.40. The van der Waals surface area contributed by atoms with Crippen LogP contribution in [0.2, 0.25) is 0 Å². The number of allylic oxidation sites excluding steroid dienone is 2. The first-order valence-electron chi connectivity index (χ1n) is 12.3. The van der Waals surface area contributed by atoms with Gasteiger partial charge in [0.05, 0.1) is 7.11 Å². The SMILES string of the molecule is CCCC(=O)/C=C1/C(C#Cc2ccc3cc(OC)ccc3c2)=C[C@H](C)N2CCCCC2[C@@H]1C. The van der Waals surface area contributed by atoms with Gasteiger partial charge in [-0.15, -0.1) is 0 Å². The molecule has 2 aliphatic heterocycles. The van der Waals surface area contributed by atoms with Crippen LogP contribution >= 0.6 is 0 Å². The number of benzene rings is 2. The van der Waals surface area contributed by atoms with Crippen molar-refractivity contribution in [3.05, 3.63) is 65.3 Å². The van der Waals surface area contributed by atoms with E-state index in [9.17, 15) is 4.79 Å². The number of carbonyl (C=O) groups is 1. The van der Waals surface area contributed by atoms with Crippen molar-refractivity contribution in [2.75, 3.05) is 13.7 Å². The number of nitrogens with zero attached hydrogens (tertiary/aromatic N) is 1. The molecule has 1 fully saturated rings. The highest BCUT2D eigenvalue weighted by Gasteiger charge is 2.35. The van der Waals surface area contributed by atoms with Crippen LogP contribution in [0.25, 0.3) is 10.8 Å². The average molecular weight is 442 g/mol. The Kier molecular flexibility index (Phi) is 7.36. The highest BCUT2D eigenvalue weighted by molar-refractivity contribution is 5.91. The van der Waals surface area contributed by atoms with Crippen molar-refractivity contribution in [2.24, 2.45) is 5.92 Å². The van der Waals surface area contributed by atoms with Crippen LogP contribution < -0.4 is 4.74 Å². The zero-order valence-corrected chi connectivity index (χ0v) is 20.4. The van der Waals surface area contributed by atoms with Crippen LogP contribution in [-0.4, -0.2) is 36.4 Å². The predicted octanol–water partition coefficient (Wildman–Crippen LogP) is 6.31. The minimum absolute atomic E-state index is 0.212. The Bertz CT molecular complexity index is 1150. The van der Waals surface area contributed by atoms with Gasteiger partial charge in [-0.05, 0) is 85.3 Å². The van der Waals surface area contributed by atoms with E-state index >= 15 is 0 Å². The number of fused-ring (bicyclic) bond motifs is 2. The maximum atomic E-state index is 12.7. The van der Waals surface area contributed by atoms with Crippen LogP contribution in [0, 0.1) is 17.8 Å². The second-order valence-corrected chi connectivity index (χ2v) is 9.40. The smallest absolute Gasteiger partial charge is 0.156 e. The molecule has 0 amide bonds. The molecule has 3 heteroatoms. The van der Waals surface area contributed by atoms with Crippen molar-refractivity contribution in [2.45, 2.75) is 65.0 Å². The normalized spacial score (nSPS) is 24.4. The number of methoxy groups -OCH3 is 1. The van der Waals surface area contributed by atoms with Crippen LogP contribution in [0.5, 0.6) is 5.75 Å². The van der Waals surface area contributed by atoms with E-state index < -0.39 is 0 Å². The molecule has 1 saturated heterocycles. The molecule has 2 aromatic rings. The van der Waals surface area contributed by atoms with Crippen LogP contribution in [0.3, 0.4) is 0 Å². The summed E-state index contributed by atoms with van der Waals surface area (Å²) in [5, 5.41) is 2.28. The van der Waals surface area contributed by atoms with E-state index in [1.54, 1.807) is 7.11 Å². The van der Waals surface area contributed by atoms with E-state index in [2.05, 4.69) is 67.9 Å². The second kappa shape index (κ2) is 10.4. The van der Waals surface area contributed by atoms with Gasteiger partial charge in [-0.25, -0.2) is 0 Å². The van der Waals surface area contributed by atoms with Gasteiger partial charge in [0, 0.05) is 29.6 Å². The molecule has 33 heavy (non-hydrogen) atoms. The lowest BCUT2D eigenvalue weighted by Crippen LogP contribution is -2.46. The molecule has 1 unspecified atom stereocenters. The molecule has 2 aliphatic rings. The summed E-state index contributed by atoms with van der Waals surface area (Å²) in [4.78, 5) is 15.3. The van der Waals surface area contributed by atoms with E-state index in [0.717, 1.165) is 46.2 Å². The summed E-state index contributed by atoms with van der Waals surface area (Å²) in [6.07, 6.45) is 9.34. The summed E-state index contributed by atoms with van der Waals surface area (Å²) in [5.41, 5.74) is 3.12. The lowest BCUT2D eigenvalue weighted by atomic mass is 9.83. The van der Waals surface area contributed by atoms with Crippen molar-refractivity contribution >= 4 is 16.6 Å². The van der Waals surface area contributed by atoms with Crippen molar-refractivity contribution in [3.8, 4) is 17.6 Å². The standard InChI is InChI=1S/C30H35NO2/c1-5-8-27(32)20-29-22(3)30-9-6-7-16-31(30)21(2)17-26(29)13-11-23-10-12-25-19-28(33-4)15-14-24(25)18-23/h10,12,14-15,17-22,30H,5-9,16H2,1-4H3/b29-20+/t21-,22+,30?/m0/s1. The molecule has 3 atom stereocenters. The first-order valence-corrected chi connectivity index (χ1v) is 12.3. The van der Waals surface area contributed by atoms with Gasteiger partial charge in [0.2, 0.25) is 0 Å². The average Bonchev–Trinajstić information content (AvgIpc) is 2.93. The molecule has 0 saturated carbocycles. The topological polar surface area (TPSA) is 29.5 Å². The van der Waals surface area contributed by atoms with E-state index in [1.807, 2.05) is 18.2 Å². The third-order valence-electron chi connectivity index (χ3n) is 7.10. The first-order chi connectivity index (χ1) is 16.0. The Morgan fingerprint density at radius 2 is 1.91 bits per heavy atom. The number of carbonyl (C=O) groups excluding carboxylic acids is 1. The van der Waals surface area contributed by atoms with Gasteiger partial charge in [-0.1, -0.05) is 50.3 Å². The number of piperidine rings is 1. The van der Waals surface area contributed by atoms with Crippen molar-refractivity contribution < 1.29 is 9.53 Å². The lowest BCUT2D eigenvalue weighted by Gasteiger charge is -2.40. The summed E-state index contributed by atoms with van der Waals surface area (Å²) >= 11 is 0. The van der Waals surface area contributed by atoms with E-state index in [-0.39, 0.29) is 5.78 Å². The Hall–Kier alpha value is -2.83. The van der Waals surface area contributed by atoms with Crippen LogP contribution in [-0.2, 0) is 4.79 Å². The maximum absolute atomic E-state index is 12.7. The molecule has 0 bridgehead atoms. The third-order valence-corrected chi connectivity index (χ3v) is 7.10. The number of ketones is 1. The van der Waals surface area contributed by atoms with Crippen molar-refractivity contribution in [3.63, 3.8) is 0 Å². The molecule has 2 aromatic carbocycles. The number of hydrogen-bond donors (Lipinski definition) is 0. The Balaban J connectivity index is 1.72. The van der Waals surface area contributed by atoms with Gasteiger partial charge in [-0.2, -0.15) is 0 Å². The van der Waals surface area contributed by atoms with Crippen molar-refractivity contribution in [1.29, 1.82) is 0 Å². The quantitative estimate of drug-likeness (QED) is 0.411. The van der Waals surface area contributed by atoms with Crippen LogP contribution in [0.15, 0.2) is 59.7 Å². The number of ether oxygens (including phenoxy) is 1. The van der Waals surface area contributed by atoms with Gasteiger partial charge in [0.15, 0.2) is 5.78 Å². The summed E-state index contributed by atoms with van der Waals surface area (Å²) < 4.78 is 5.34. The number of hydrogen-bond acceptors (Lipinski definition) is 3. The molecular weight excluding hydrogens is 406 g/mol. The van der Waals surface area contributed by atoms with E-state index in [1.165, 1.54) is 19.3 Å². The van der Waals surface area contributed by atoms with E-state index in [0.29, 0.717) is 24.4 Å². The Morgan fingerprint density at radius 3 is 2.70 bits per heavy atom. The summed E-state index contributed by atoms with van der Waals surface area (Å²) in [5.74, 6) is 8.23. The summed E-state index contributed by atoms with van der Waals surface area (Å²) in [6.45, 7) is 7.74. The molecule has 0 aliphatic carbocycles. The minimum atomic E-state index is 0.212. The molecule has 3 nitrogen and oxygen atoms in total. The third kappa shape index (κ3) is 5.23. The molecular formula is C30H35NO2. The number of rotatable bonds is 4. The fraction of sp³-hybridized carbons (Fsp3) is 0.433. The van der Waals surface area contributed by atoms with E-state index in [4.69, 9.17) is 4.74 Å². The predicted molar refractivity (Wildman–Crippen MR) is 136 cm³/mol. The van der Waals surface area contributed by atoms with Crippen LogP contribution in [0.4, 0.5) is 0 Å². The Morgan fingerprint density at radius 1 is 1.12 bits per heavy atom. The highest BCUT2D eigenvalue weighted by Crippen LogP contribution is 2.36. The maximum Gasteiger partial charge on any atom is 0.156 e. The summed E-state index contributed by atoms with van der Waals surface area (Å²) in [6, 6.07) is 13.2. The largest absolute Gasteiger partial charge is 0.497 e. The lowest BCUT2D eigenvalue weighted by molar-refractivity contribution is -0.114. The van der Waals surface area contributed by atoms with Gasteiger partial charge in [-0.3, -0.25) is 9.69 Å². The fourth-order valence-electron chi connectivity index (χ4n) is 5.29. The van der Waals surface area contributed by atoms with Gasteiger partial charge in [0.25, 0.3) is 0 Å². The first kappa shape index (κ1) is 23.3. The highest BCUT2D eigenvalue weighted by atomic mass is 16.5. The van der Waals surface area contributed by atoms with Gasteiger partial charge in [0.1, 0.15) is 5.75 Å². The Labute approximate surface area is 198 Å². The molecule has 172 valence electrons. The molecule has 0 radical (unpaired) electrons. The zero-order chi connectivity index (χ0) is 23.4. The van der Waals surface area contributed by atoms with Gasteiger partial charge < -0.3 is 4.74 Å². The van der Waals surface area contributed by atoms with Crippen LogP contribution in [0.1, 0.15) is 58.4 Å². The van der Waals surface area contributed by atoms with Gasteiger partial charge >= 0.3 is 0 Å². The monoisotopic (exact) mass is 441 g/mol. The molecule has 0 aromatic heterocycles. The molecule has 2 heterocycles. The minimum Gasteiger partial charge on any atom is -0.497 e. The molecule has 0 N–H and O–H groups in total. The zero-order valence-electron chi connectivity index (χ0n) is 20.4. The molecule has 4 rings (SSSR count).